The molecule has 4 rings (SSSR count). The Labute approximate surface area is 174 Å². The van der Waals surface area contributed by atoms with Crippen molar-refractivity contribution in [2.24, 2.45) is 0 Å². The van der Waals surface area contributed by atoms with E-state index in [1.165, 1.54) is 5.56 Å². The maximum atomic E-state index is 6.09. The summed E-state index contributed by atoms with van der Waals surface area (Å²) < 4.78 is 8.19. The molecule has 5 heteroatoms. The number of para-hydroxylation sites is 2. The van der Waals surface area contributed by atoms with Gasteiger partial charge in [0.1, 0.15) is 18.2 Å². The summed E-state index contributed by atoms with van der Waals surface area (Å²) in [6.45, 7) is 3.24. The van der Waals surface area contributed by atoms with Crippen LogP contribution in [0.2, 0.25) is 10.0 Å². The van der Waals surface area contributed by atoms with Crippen LogP contribution in [0.3, 0.4) is 0 Å². The predicted molar refractivity (Wildman–Crippen MR) is 116 cm³/mol. The predicted octanol–water partition coefficient (Wildman–Crippen LogP) is 6.32. The highest BCUT2D eigenvalue weighted by Crippen LogP contribution is 2.22. The molecular weight excluding hydrogens is 391 g/mol. The molecule has 0 fully saturated rings. The summed E-state index contributed by atoms with van der Waals surface area (Å²) >= 11 is 12.1. The number of benzene rings is 3. The van der Waals surface area contributed by atoms with Gasteiger partial charge in [-0.15, -0.1) is 0 Å². The van der Waals surface area contributed by atoms with Gasteiger partial charge in [0.25, 0.3) is 0 Å². The van der Waals surface area contributed by atoms with Gasteiger partial charge in [-0.1, -0.05) is 47.5 Å². The molecule has 3 aromatic carbocycles. The number of hydrogen-bond donors (Lipinski definition) is 0. The molecule has 0 atom stereocenters. The van der Waals surface area contributed by atoms with Crippen LogP contribution in [-0.4, -0.2) is 16.2 Å². The molecule has 4 aromatic rings. The number of aryl methyl sites for hydroxylation is 1. The first-order valence-corrected chi connectivity index (χ1v) is 9.93. The van der Waals surface area contributed by atoms with Gasteiger partial charge in [-0.3, -0.25) is 0 Å². The Morgan fingerprint density at radius 3 is 2.54 bits per heavy atom. The number of halogens is 2. The SMILES string of the molecule is Cc1cc(OCCn2c(Cc3ccc(Cl)cc3)nc3ccccc32)ccc1Cl. The first-order chi connectivity index (χ1) is 13.6. The smallest absolute Gasteiger partial charge is 0.119 e. The molecule has 0 aliphatic heterocycles. The van der Waals surface area contributed by atoms with Crippen LogP contribution in [0.1, 0.15) is 17.0 Å². The van der Waals surface area contributed by atoms with Crippen molar-refractivity contribution in [3.05, 3.63) is 93.7 Å². The zero-order valence-electron chi connectivity index (χ0n) is 15.5. The van der Waals surface area contributed by atoms with Crippen LogP contribution >= 0.6 is 23.2 Å². The third-order valence-electron chi connectivity index (χ3n) is 4.72. The molecule has 142 valence electrons. The van der Waals surface area contributed by atoms with Gasteiger partial charge in [0, 0.05) is 16.5 Å². The highest BCUT2D eigenvalue weighted by molar-refractivity contribution is 6.31. The normalized spacial score (nSPS) is 11.1. The Morgan fingerprint density at radius 2 is 1.75 bits per heavy atom. The van der Waals surface area contributed by atoms with E-state index in [1.54, 1.807) is 0 Å². The maximum Gasteiger partial charge on any atom is 0.119 e. The number of rotatable bonds is 6. The van der Waals surface area contributed by atoms with Crippen molar-refractivity contribution in [3.8, 4) is 5.75 Å². The molecule has 0 unspecified atom stereocenters. The van der Waals surface area contributed by atoms with Crippen molar-refractivity contribution < 1.29 is 4.74 Å². The molecule has 0 N–H and O–H groups in total. The third-order valence-corrected chi connectivity index (χ3v) is 5.40. The van der Waals surface area contributed by atoms with E-state index in [0.29, 0.717) is 13.2 Å². The summed E-state index contributed by atoms with van der Waals surface area (Å²) in [4.78, 5) is 4.84. The average Bonchev–Trinajstić information content (AvgIpc) is 3.04. The van der Waals surface area contributed by atoms with Crippen LogP contribution in [0, 0.1) is 6.92 Å². The van der Waals surface area contributed by atoms with Gasteiger partial charge in [0.05, 0.1) is 17.6 Å². The average molecular weight is 411 g/mol. The van der Waals surface area contributed by atoms with Crippen LogP contribution in [0.4, 0.5) is 0 Å². The summed E-state index contributed by atoms with van der Waals surface area (Å²) in [7, 11) is 0. The molecule has 0 bridgehead atoms. The summed E-state index contributed by atoms with van der Waals surface area (Å²) in [5.74, 6) is 1.84. The summed E-state index contributed by atoms with van der Waals surface area (Å²) in [5, 5.41) is 1.49. The number of fused-ring (bicyclic) bond motifs is 1. The third kappa shape index (κ3) is 4.16. The maximum absolute atomic E-state index is 6.09. The molecule has 0 radical (unpaired) electrons. The van der Waals surface area contributed by atoms with Gasteiger partial charge in [0.2, 0.25) is 0 Å². The van der Waals surface area contributed by atoms with E-state index < -0.39 is 0 Å². The van der Waals surface area contributed by atoms with Gasteiger partial charge in [-0.25, -0.2) is 4.98 Å². The lowest BCUT2D eigenvalue weighted by Crippen LogP contribution is -2.11. The minimum absolute atomic E-state index is 0.551. The second-order valence-corrected chi connectivity index (χ2v) is 7.57. The molecule has 0 amide bonds. The Morgan fingerprint density at radius 1 is 0.964 bits per heavy atom. The van der Waals surface area contributed by atoms with Gasteiger partial charge in [-0.2, -0.15) is 0 Å². The number of hydrogen-bond acceptors (Lipinski definition) is 2. The molecular formula is C23H20Cl2N2O. The number of ether oxygens (including phenoxy) is 1. The van der Waals surface area contributed by atoms with Gasteiger partial charge >= 0.3 is 0 Å². The Hall–Kier alpha value is -2.49. The van der Waals surface area contributed by atoms with E-state index in [-0.39, 0.29) is 0 Å². The van der Waals surface area contributed by atoms with Crippen molar-refractivity contribution in [2.45, 2.75) is 19.9 Å². The van der Waals surface area contributed by atoms with E-state index in [9.17, 15) is 0 Å². The van der Waals surface area contributed by atoms with Crippen LogP contribution in [0.5, 0.6) is 5.75 Å². The van der Waals surface area contributed by atoms with Crippen molar-refractivity contribution in [2.75, 3.05) is 6.61 Å². The molecule has 0 saturated heterocycles. The lowest BCUT2D eigenvalue weighted by atomic mass is 10.1. The number of aromatic nitrogens is 2. The van der Waals surface area contributed by atoms with Crippen LogP contribution in [0.15, 0.2) is 66.7 Å². The van der Waals surface area contributed by atoms with Crippen LogP contribution < -0.4 is 4.74 Å². The Kier molecular flexibility index (Phi) is 5.56. The lowest BCUT2D eigenvalue weighted by Gasteiger charge is -2.12. The van der Waals surface area contributed by atoms with E-state index in [1.807, 2.05) is 67.6 Å². The number of nitrogens with zero attached hydrogens (tertiary/aromatic N) is 2. The van der Waals surface area contributed by atoms with Crippen molar-refractivity contribution >= 4 is 34.2 Å². The van der Waals surface area contributed by atoms with E-state index in [4.69, 9.17) is 32.9 Å². The largest absolute Gasteiger partial charge is 0.492 e. The molecule has 28 heavy (non-hydrogen) atoms. The fourth-order valence-corrected chi connectivity index (χ4v) is 3.50. The fourth-order valence-electron chi connectivity index (χ4n) is 3.26. The highest BCUT2D eigenvalue weighted by Gasteiger charge is 2.11. The fraction of sp³-hybridized carbons (Fsp3) is 0.174. The second-order valence-electron chi connectivity index (χ2n) is 6.73. The van der Waals surface area contributed by atoms with E-state index in [0.717, 1.165) is 44.6 Å². The van der Waals surface area contributed by atoms with Crippen LogP contribution in [0.25, 0.3) is 11.0 Å². The van der Waals surface area contributed by atoms with E-state index in [2.05, 4.69) is 10.6 Å². The lowest BCUT2D eigenvalue weighted by molar-refractivity contribution is 0.298. The minimum Gasteiger partial charge on any atom is -0.492 e. The second kappa shape index (κ2) is 8.26. The van der Waals surface area contributed by atoms with Gasteiger partial charge in [0.15, 0.2) is 0 Å². The summed E-state index contributed by atoms with van der Waals surface area (Å²) in [6.07, 6.45) is 0.742. The highest BCUT2D eigenvalue weighted by atomic mass is 35.5. The zero-order valence-corrected chi connectivity index (χ0v) is 17.0. The summed E-state index contributed by atoms with van der Waals surface area (Å²) in [6, 6.07) is 21.8. The molecule has 0 aliphatic carbocycles. The molecule has 1 aromatic heterocycles. The van der Waals surface area contributed by atoms with Crippen molar-refractivity contribution in [1.82, 2.24) is 9.55 Å². The zero-order chi connectivity index (χ0) is 19.5. The summed E-state index contributed by atoms with van der Waals surface area (Å²) in [5.41, 5.74) is 4.29. The molecule has 0 aliphatic rings. The molecule has 0 spiro atoms. The standard InChI is InChI=1S/C23H20Cl2N2O/c1-16-14-19(10-11-20(16)25)28-13-12-27-22-5-3-2-4-21(22)26-23(27)15-17-6-8-18(24)9-7-17/h2-11,14H,12-13,15H2,1H3. The Balaban J connectivity index is 1.56. The quantitative estimate of drug-likeness (QED) is 0.371. The molecule has 3 nitrogen and oxygen atoms in total. The Bertz CT molecular complexity index is 1100. The monoisotopic (exact) mass is 410 g/mol. The van der Waals surface area contributed by atoms with Crippen molar-refractivity contribution in [1.29, 1.82) is 0 Å². The van der Waals surface area contributed by atoms with Gasteiger partial charge in [-0.05, 0) is 60.5 Å². The molecule has 1 heterocycles. The molecule has 0 saturated carbocycles. The van der Waals surface area contributed by atoms with E-state index >= 15 is 0 Å². The first kappa shape index (κ1) is 18.9. The van der Waals surface area contributed by atoms with Crippen molar-refractivity contribution in [3.63, 3.8) is 0 Å². The van der Waals surface area contributed by atoms with Gasteiger partial charge < -0.3 is 9.30 Å². The minimum atomic E-state index is 0.551. The van der Waals surface area contributed by atoms with Crippen LogP contribution in [-0.2, 0) is 13.0 Å². The number of imidazole rings is 1. The first-order valence-electron chi connectivity index (χ1n) is 9.18. The topological polar surface area (TPSA) is 27.1 Å².